The highest BCUT2D eigenvalue weighted by Gasteiger charge is 2.49. The van der Waals surface area contributed by atoms with Crippen LogP contribution in [0.15, 0.2) is 88.0 Å². The zero-order valence-electron chi connectivity index (χ0n) is 16.2. The summed E-state index contributed by atoms with van der Waals surface area (Å²) in [6.45, 7) is 2.01. The number of carbonyl (C=O) groups is 1. The zero-order valence-corrected chi connectivity index (χ0v) is 17.8. The van der Waals surface area contributed by atoms with Crippen LogP contribution in [0.1, 0.15) is 33.1 Å². The van der Waals surface area contributed by atoms with Crippen LogP contribution in [0.5, 0.6) is 0 Å². The van der Waals surface area contributed by atoms with Crippen LogP contribution in [-0.2, 0) is 10.8 Å². The van der Waals surface area contributed by atoms with Gasteiger partial charge in [0.1, 0.15) is 0 Å². The molecule has 4 heteroatoms. The Hall–Kier alpha value is -2.30. The molecule has 0 spiro atoms. The molecule has 1 saturated carbocycles. The highest BCUT2D eigenvalue weighted by molar-refractivity contribution is 7.85. The molecule has 1 unspecified atom stereocenters. The van der Waals surface area contributed by atoms with E-state index < -0.39 is 10.8 Å². The number of Topliss-reactive ketones (excluding diaryl/α,β-unsaturated/α-hetero) is 1. The quantitative estimate of drug-likeness (QED) is 0.375. The third-order valence-electron chi connectivity index (χ3n) is 6.23. The molecule has 1 heterocycles. The van der Waals surface area contributed by atoms with E-state index in [0.717, 1.165) is 16.9 Å². The molecule has 5 rings (SSSR count). The number of hydrogen-bond acceptors (Lipinski definition) is 3. The average molecular weight is 419 g/mol. The van der Waals surface area contributed by atoms with Crippen LogP contribution >= 0.6 is 11.3 Å². The Morgan fingerprint density at radius 2 is 1.69 bits per heavy atom. The number of carbonyl (C=O) groups excluding carboxylic acids is 1. The first-order valence-corrected chi connectivity index (χ1v) is 12.0. The van der Waals surface area contributed by atoms with Crippen LogP contribution in [0.2, 0.25) is 0 Å². The first kappa shape index (κ1) is 18.7. The molecule has 2 aromatic carbocycles. The van der Waals surface area contributed by atoms with Gasteiger partial charge in [0, 0.05) is 16.7 Å². The van der Waals surface area contributed by atoms with Crippen LogP contribution < -0.4 is 0 Å². The number of benzene rings is 2. The van der Waals surface area contributed by atoms with E-state index in [1.54, 1.807) is 0 Å². The molecule has 29 heavy (non-hydrogen) atoms. The second-order valence-electron chi connectivity index (χ2n) is 7.97. The molecule has 0 amide bonds. The van der Waals surface area contributed by atoms with E-state index in [9.17, 15) is 9.00 Å². The van der Waals surface area contributed by atoms with Crippen molar-refractivity contribution in [1.82, 2.24) is 0 Å². The van der Waals surface area contributed by atoms with Gasteiger partial charge in [0.05, 0.1) is 20.6 Å². The van der Waals surface area contributed by atoms with E-state index in [0.29, 0.717) is 15.7 Å². The van der Waals surface area contributed by atoms with Crippen LogP contribution in [0.4, 0.5) is 0 Å². The fourth-order valence-electron chi connectivity index (χ4n) is 4.87. The van der Waals surface area contributed by atoms with E-state index in [4.69, 9.17) is 0 Å². The van der Waals surface area contributed by atoms with Crippen molar-refractivity contribution in [3.8, 4) is 0 Å². The highest BCUT2D eigenvalue weighted by atomic mass is 32.2. The summed E-state index contributed by atoms with van der Waals surface area (Å²) < 4.78 is 13.2. The Kier molecular flexibility index (Phi) is 4.84. The SMILES string of the molecule is Cc1ccc(S(=O)c2ccsc2C(=O)[C@H]2[C@H](c3ccccc3)[C@H]3C=C[C@@H]2C3)cc1. The predicted molar refractivity (Wildman–Crippen MR) is 118 cm³/mol. The highest BCUT2D eigenvalue weighted by Crippen LogP contribution is 2.54. The lowest BCUT2D eigenvalue weighted by atomic mass is 9.76. The van der Waals surface area contributed by atoms with Gasteiger partial charge in [-0.25, -0.2) is 4.21 Å². The Morgan fingerprint density at radius 1 is 0.966 bits per heavy atom. The van der Waals surface area contributed by atoms with Gasteiger partial charge in [-0.1, -0.05) is 60.2 Å². The first-order chi connectivity index (χ1) is 14.1. The van der Waals surface area contributed by atoms with Crippen molar-refractivity contribution in [2.24, 2.45) is 17.8 Å². The molecule has 2 nitrogen and oxygen atoms in total. The summed E-state index contributed by atoms with van der Waals surface area (Å²) in [5.74, 6) is 0.991. The number of ketones is 1. The van der Waals surface area contributed by atoms with Crippen molar-refractivity contribution in [2.45, 2.75) is 29.1 Å². The smallest absolute Gasteiger partial charge is 0.178 e. The molecule has 0 N–H and O–H groups in total. The maximum Gasteiger partial charge on any atom is 0.178 e. The third-order valence-corrected chi connectivity index (χ3v) is 8.73. The minimum Gasteiger partial charge on any atom is -0.293 e. The average Bonchev–Trinajstić information content (AvgIpc) is 3.49. The van der Waals surface area contributed by atoms with Crippen LogP contribution in [0.3, 0.4) is 0 Å². The minimum atomic E-state index is -1.34. The van der Waals surface area contributed by atoms with Crippen molar-refractivity contribution >= 4 is 27.9 Å². The Bertz CT molecular complexity index is 1100. The van der Waals surface area contributed by atoms with Crippen molar-refractivity contribution in [2.75, 3.05) is 0 Å². The summed E-state index contributed by atoms with van der Waals surface area (Å²) in [6, 6.07) is 20.0. The van der Waals surface area contributed by atoms with Crippen LogP contribution in [0.25, 0.3) is 0 Å². The summed E-state index contributed by atoms with van der Waals surface area (Å²) >= 11 is 1.43. The number of fused-ring (bicyclic) bond motifs is 2. The molecule has 2 aliphatic rings. The predicted octanol–water partition coefficient (Wildman–Crippen LogP) is 6.01. The molecule has 2 aliphatic carbocycles. The molecule has 0 radical (unpaired) electrons. The van der Waals surface area contributed by atoms with E-state index in [-0.39, 0.29) is 23.5 Å². The summed E-state index contributed by atoms with van der Waals surface area (Å²) in [5, 5.41) is 1.90. The molecular weight excluding hydrogens is 396 g/mol. The lowest BCUT2D eigenvalue weighted by Crippen LogP contribution is -2.26. The van der Waals surface area contributed by atoms with Gasteiger partial charge in [-0.2, -0.15) is 0 Å². The Labute approximate surface area is 177 Å². The maximum absolute atomic E-state index is 13.7. The monoisotopic (exact) mass is 418 g/mol. The van der Waals surface area contributed by atoms with Crippen molar-refractivity contribution in [3.63, 3.8) is 0 Å². The van der Waals surface area contributed by atoms with Crippen molar-refractivity contribution in [1.29, 1.82) is 0 Å². The lowest BCUT2D eigenvalue weighted by molar-refractivity contribution is 0.0888. The number of thiophene rings is 1. The summed E-state index contributed by atoms with van der Waals surface area (Å²) in [6.07, 6.45) is 5.54. The second-order valence-corrected chi connectivity index (χ2v) is 10.3. The molecule has 1 fully saturated rings. The van der Waals surface area contributed by atoms with Gasteiger partial charge in [-0.15, -0.1) is 11.3 Å². The zero-order chi connectivity index (χ0) is 20.0. The first-order valence-electron chi connectivity index (χ1n) is 9.97. The summed E-state index contributed by atoms with van der Waals surface area (Å²) in [5.41, 5.74) is 2.37. The van der Waals surface area contributed by atoms with Gasteiger partial charge in [0.2, 0.25) is 0 Å². The molecule has 0 saturated heterocycles. The lowest BCUT2D eigenvalue weighted by Gasteiger charge is -2.27. The maximum atomic E-state index is 13.7. The molecule has 5 atom stereocenters. The van der Waals surface area contributed by atoms with Crippen molar-refractivity contribution in [3.05, 3.63) is 94.2 Å². The minimum absolute atomic E-state index is 0.0696. The largest absolute Gasteiger partial charge is 0.293 e. The molecule has 3 aromatic rings. The van der Waals surface area contributed by atoms with Gasteiger partial charge in [0.25, 0.3) is 0 Å². The third kappa shape index (κ3) is 3.24. The van der Waals surface area contributed by atoms with Gasteiger partial charge < -0.3 is 0 Å². The van der Waals surface area contributed by atoms with Crippen molar-refractivity contribution < 1.29 is 9.00 Å². The normalized spacial score (nSPS) is 26.0. The number of rotatable bonds is 5. The van der Waals surface area contributed by atoms with E-state index in [1.807, 2.05) is 48.7 Å². The second kappa shape index (κ2) is 7.51. The number of allylic oxidation sites excluding steroid dienone is 2. The molecule has 0 aliphatic heterocycles. The van der Waals surface area contributed by atoms with E-state index in [2.05, 4.69) is 36.4 Å². The summed E-state index contributed by atoms with van der Waals surface area (Å²) in [4.78, 5) is 15.8. The van der Waals surface area contributed by atoms with Crippen LogP contribution in [0, 0.1) is 24.7 Å². The van der Waals surface area contributed by atoms with Gasteiger partial charge >= 0.3 is 0 Å². The Morgan fingerprint density at radius 3 is 2.45 bits per heavy atom. The molecular formula is C25H22O2S2. The molecule has 1 aromatic heterocycles. The van der Waals surface area contributed by atoms with Gasteiger partial charge in [-0.3, -0.25) is 4.79 Å². The Balaban J connectivity index is 1.50. The number of hydrogen-bond donors (Lipinski definition) is 0. The van der Waals surface area contributed by atoms with Gasteiger partial charge in [-0.05, 0) is 54.3 Å². The van der Waals surface area contributed by atoms with Crippen LogP contribution in [-0.4, -0.2) is 9.99 Å². The fourth-order valence-corrected chi connectivity index (χ4v) is 7.20. The fraction of sp³-hybridized carbons (Fsp3) is 0.240. The molecule has 146 valence electrons. The summed E-state index contributed by atoms with van der Waals surface area (Å²) in [7, 11) is -1.34. The standard InChI is InChI=1S/C25H22O2S2/c1-16-7-11-20(12-8-16)29(27)21-13-14-28-25(21)24(26)23-19-10-9-18(15-19)22(23)17-5-3-2-4-6-17/h2-14,18-19,22-23H,15H2,1H3/t18-,19+,22+,23+,29?/m0/s1. The number of aryl methyl sites for hydroxylation is 1. The molecule has 2 bridgehead atoms. The topological polar surface area (TPSA) is 34.1 Å². The van der Waals surface area contributed by atoms with E-state index >= 15 is 0 Å². The van der Waals surface area contributed by atoms with Gasteiger partial charge in [0.15, 0.2) is 5.78 Å². The van der Waals surface area contributed by atoms with E-state index in [1.165, 1.54) is 16.9 Å².